The van der Waals surface area contributed by atoms with E-state index in [2.05, 4.69) is 10.6 Å². The number of halogens is 1. The van der Waals surface area contributed by atoms with Crippen molar-refractivity contribution in [1.29, 1.82) is 0 Å². The Balaban J connectivity index is 0.982. The zero-order valence-electron chi connectivity index (χ0n) is 20.7. The fraction of sp³-hybridized carbons (Fsp3) is 0.321. The molecule has 3 aromatic rings. The first kappa shape index (κ1) is 25.6. The van der Waals surface area contributed by atoms with E-state index in [0.29, 0.717) is 67.2 Å². The van der Waals surface area contributed by atoms with E-state index in [9.17, 15) is 14.3 Å². The Morgan fingerprint density at radius 2 is 1.79 bits per heavy atom. The third kappa shape index (κ3) is 6.64. The lowest BCUT2D eigenvalue weighted by Crippen LogP contribution is -2.34. The monoisotopic (exact) mass is 524 g/mol. The van der Waals surface area contributed by atoms with E-state index in [1.165, 1.54) is 12.1 Å². The molecule has 200 valence electrons. The van der Waals surface area contributed by atoms with Crippen molar-refractivity contribution in [2.45, 2.75) is 18.8 Å². The van der Waals surface area contributed by atoms with E-state index in [1.54, 1.807) is 42.5 Å². The van der Waals surface area contributed by atoms with Gasteiger partial charge in [-0.1, -0.05) is 0 Å². The van der Waals surface area contributed by atoms with Crippen LogP contribution in [0.1, 0.15) is 15.9 Å². The number of aliphatic hydroxyl groups is 1. The van der Waals surface area contributed by atoms with Crippen LogP contribution in [0.2, 0.25) is 0 Å². The summed E-state index contributed by atoms with van der Waals surface area (Å²) in [5.74, 6) is 2.57. The minimum atomic E-state index is -0.715. The molecular weight excluding hydrogens is 495 g/mol. The van der Waals surface area contributed by atoms with Crippen molar-refractivity contribution in [3.63, 3.8) is 0 Å². The number of carbonyl (C=O) groups excluding carboxylic acids is 1. The van der Waals surface area contributed by atoms with Crippen LogP contribution in [0.5, 0.6) is 28.7 Å². The molecule has 0 aliphatic carbocycles. The Hall–Kier alpha value is -4.02. The Labute approximate surface area is 219 Å². The summed E-state index contributed by atoms with van der Waals surface area (Å²) >= 11 is 0. The normalized spacial score (nSPS) is 16.4. The molecule has 3 N–H and O–H groups in total. The van der Waals surface area contributed by atoms with Gasteiger partial charge in [-0.05, 0) is 60.2 Å². The van der Waals surface area contributed by atoms with Gasteiger partial charge in [0.1, 0.15) is 55.6 Å². The second-order valence-corrected chi connectivity index (χ2v) is 8.94. The third-order valence-electron chi connectivity index (χ3n) is 6.01. The van der Waals surface area contributed by atoms with Gasteiger partial charge in [-0.15, -0.1) is 0 Å². The summed E-state index contributed by atoms with van der Waals surface area (Å²) in [5, 5.41) is 16.2. The molecule has 0 bridgehead atoms. The van der Waals surface area contributed by atoms with E-state index in [1.807, 2.05) is 6.07 Å². The van der Waals surface area contributed by atoms with Gasteiger partial charge in [0.15, 0.2) is 17.6 Å². The highest BCUT2D eigenvalue weighted by Gasteiger charge is 2.23. The van der Waals surface area contributed by atoms with Gasteiger partial charge in [0.05, 0.1) is 0 Å². The van der Waals surface area contributed by atoms with Crippen molar-refractivity contribution < 1.29 is 38.0 Å². The van der Waals surface area contributed by atoms with Crippen molar-refractivity contribution in [3.05, 3.63) is 77.6 Å². The van der Waals surface area contributed by atoms with E-state index < -0.39 is 6.10 Å². The van der Waals surface area contributed by atoms with Gasteiger partial charge in [0.25, 0.3) is 5.91 Å². The fourth-order valence-corrected chi connectivity index (χ4v) is 4.05. The molecule has 2 aliphatic rings. The van der Waals surface area contributed by atoms with Crippen LogP contribution in [-0.2, 0) is 6.54 Å². The van der Waals surface area contributed by atoms with Gasteiger partial charge in [-0.25, -0.2) is 4.39 Å². The molecule has 0 radical (unpaired) electrons. The van der Waals surface area contributed by atoms with Crippen molar-refractivity contribution >= 4 is 5.91 Å². The summed E-state index contributed by atoms with van der Waals surface area (Å²) in [7, 11) is 0. The number of hydrogen-bond donors (Lipinski definition) is 3. The maximum Gasteiger partial charge on any atom is 0.251 e. The van der Waals surface area contributed by atoms with Crippen LogP contribution < -0.4 is 34.3 Å². The molecule has 0 spiro atoms. The molecule has 2 atom stereocenters. The van der Waals surface area contributed by atoms with E-state index >= 15 is 0 Å². The van der Waals surface area contributed by atoms with E-state index in [4.69, 9.17) is 23.7 Å². The molecule has 3 aromatic carbocycles. The number of ether oxygens (including phenoxy) is 5. The summed E-state index contributed by atoms with van der Waals surface area (Å²) < 4.78 is 41.8. The van der Waals surface area contributed by atoms with E-state index in [-0.39, 0.29) is 31.0 Å². The summed E-state index contributed by atoms with van der Waals surface area (Å²) in [6, 6.07) is 16.4. The number of aliphatic hydroxyl groups excluding tert-OH is 1. The molecular formula is C28H29FN2O7. The van der Waals surface area contributed by atoms with Gasteiger partial charge in [-0.3, -0.25) is 4.79 Å². The zero-order valence-corrected chi connectivity index (χ0v) is 20.7. The predicted octanol–water partition coefficient (Wildman–Crippen LogP) is 2.70. The van der Waals surface area contributed by atoms with Gasteiger partial charge < -0.3 is 39.4 Å². The molecule has 0 fully saturated rings. The molecule has 1 amide bonds. The van der Waals surface area contributed by atoms with Crippen molar-refractivity contribution in [1.82, 2.24) is 10.6 Å². The lowest BCUT2D eigenvalue weighted by atomic mass is 10.1. The standard InChI is InChI=1S/C28H29FN2O7/c29-19-1-3-21(4-2-19)36-16-24-17-37-27-12-23(6-8-26(27)38-24)35-15-20(32)14-30-9-10-34-22-5-7-25-18(11-22)13-31-28(25)33/h1-8,11-12,20,24,30,32H,9-10,13-17H2,(H,31,33)/t20-,24-/m0/s1. The van der Waals surface area contributed by atoms with Crippen molar-refractivity contribution in [2.24, 2.45) is 0 Å². The van der Waals surface area contributed by atoms with Gasteiger partial charge >= 0.3 is 0 Å². The summed E-state index contributed by atoms with van der Waals surface area (Å²) in [4.78, 5) is 11.6. The number of nitrogens with one attached hydrogen (secondary N) is 2. The molecule has 0 saturated heterocycles. The first-order valence-electron chi connectivity index (χ1n) is 12.4. The minimum absolute atomic E-state index is 0.0561. The zero-order chi connectivity index (χ0) is 26.3. The maximum absolute atomic E-state index is 13.0. The molecule has 0 saturated carbocycles. The van der Waals surface area contributed by atoms with Crippen molar-refractivity contribution in [2.75, 3.05) is 39.5 Å². The third-order valence-corrected chi connectivity index (χ3v) is 6.01. The molecule has 0 aromatic heterocycles. The Bertz CT molecular complexity index is 1250. The maximum atomic E-state index is 13.0. The van der Waals surface area contributed by atoms with Crippen LogP contribution in [0.25, 0.3) is 0 Å². The highest BCUT2D eigenvalue weighted by atomic mass is 19.1. The lowest BCUT2D eigenvalue weighted by Gasteiger charge is -2.27. The molecule has 38 heavy (non-hydrogen) atoms. The summed E-state index contributed by atoms with van der Waals surface area (Å²) in [5.41, 5.74) is 1.62. The predicted molar refractivity (Wildman–Crippen MR) is 136 cm³/mol. The van der Waals surface area contributed by atoms with Crippen LogP contribution >= 0.6 is 0 Å². The molecule has 5 rings (SSSR count). The summed E-state index contributed by atoms with van der Waals surface area (Å²) in [6.45, 7) is 2.49. The van der Waals surface area contributed by atoms with Crippen LogP contribution in [0, 0.1) is 5.82 Å². The van der Waals surface area contributed by atoms with Gasteiger partial charge in [0.2, 0.25) is 0 Å². The Kier molecular flexibility index (Phi) is 8.10. The largest absolute Gasteiger partial charge is 0.492 e. The van der Waals surface area contributed by atoms with Gasteiger partial charge in [0, 0.05) is 31.3 Å². The topological polar surface area (TPSA) is 108 Å². The number of carbonyl (C=O) groups is 1. The number of amides is 1. The molecule has 2 aliphatic heterocycles. The van der Waals surface area contributed by atoms with Crippen molar-refractivity contribution in [3.8, 4) is 28.7 Å². The highest BCUT2D eigenvalue weighted by Crippen LogP contribution is 2.35. The quantitative estimate of drug-likeness (QED) is 0.311. The van der Waals surface area contributed by atoms with Crippen LogP contribution in [-0.4, -0.2) is 62.7 Å². The SMILES string of the molecule is O=C1NCc2cc(OCCNC[C@H](O)COc3ccc4c(c3)OC[C@H](COc3ccc(F)cc3)O4)ccc21. The fourth-order valence-electron chi connectivity index (χ4n) is 4.05. The van der Waals surface area contributed by atoms with Gasteiger partial charge in [-0.2, -0.15) is 0 Å². The number of benzene rings is 3. The first-order chi connectivity index (χ1) is 18.5. The summed E-state index contributed by atoms with van der Waals surface area (Å²) in [6.07, 6.45) is -1.02. The lowest BCUT2D eigenvalue weighted by molar-refractivity contribution is 0.0529. The first-order valence-corrected chi connectivity index (χ1v) is 12.4. The molecule has 10 heteroatoms. The van der Waals surface area contributed by atoms with Crippen LogP contribution in [0.4, 0.5) is 4.39 Å². The molecule has 2 heterocycles. The molecule has 9 nitrogen and oxygen atoms in total. The Morgan fingerprint density at radius 1 is 1.00 bits per heavy atom. The minimum Gasteiger partial charge on any atom is -0.492 e. The Morgan fingerprint density at radius 3 is 2.66 bits per heavy atom. The van der Waals surface area contributed by atoms with Crippen LogP contribution in [0.15, 0.2) is 60.7 Å². The van der Waals surface area contributed by atoms with E-state index in [0.717, 1.165) is 5.56 Å². The average Bonchev–Trinajstić information content (AvgIpc) is 3.31. The second kappa shape index (κ2) is 12.0. The smallest absolute Gasteiger partial charge is 0.251 e. The number of fused-ring (bicyclic) bond motifs is 2. The number of hydrogen-bond acceptors (Lipinski definition) is 8. The molecule has 0 unspecified atom stereocenters. The van der Waals surface area contributed by atoms with Crippen LogP contribution in [0.3, 0.4) is 0 Å². The second-order valence-electron chi connectivity index (χ2n) is 8.94. The highest BCUT2D eigenvalue weighted by molar-refractivity contribution is 5.98. The average molecular weight is 525 g/mol. The number of rotatable bonds is 12.